The van der Waals surface area contributed by atoms with Crippen molar-refractivity contribution in [3.8, 4) is 11.3 Å². The fraction of sp³-hybridized carbons (Fsp3) is 0.296. The molecule has 1 fully saturated rings. The lowest BCUT2D eigenvalue weighted by molar-refractivity contribution is 0.251. The molecule has 0 radical (unpaired) electrons. The van der Waals surface area contributed by atoms with Gasteiger partial charge in [0.1, 0.15) is 5.69 Å². The van der Waals surface area contributed by atoms with E-state index in [-0.39, 0.29) is 0 Å². The number of hydrogen-bond donors (Lipinski definition) is 0. The van der Waals surface area contributed by atoms with E-state index >= 15 is 0 Å². The first-order chi connectivity index (χ1) is 15.8. The van der Waals surface area contributed by atoms with E-state index in [1.807, 2.05) is 18.2 Å². The summed E-state index contributed by atoms with van der Waals surface area (Å²) in [6, 6.07) is 27.2. The minimum atomic E-state index is 0.754. The number of aryl methyl sites for hydroxylation is 1. The molecule has 32 heavy (non-hydrogen) atoms. The van der Waals surface area contributed by atoms with Gasteiger partial charge in [-0.25, -0.2) is 0 Å². The largest absolute Gasteiger partial charge is 0.369 e. The molecule has 1 aromatic heterocycles. The molecule has 1 saturated heterocycles. The highest BCUT2D eigenvalue weighted by atomic mass is 35.5. The SMILES string of the molecule is Clc1ccc2c(c1)c(-c1ccccc1)nn2CCCCN1CCN(c2ccccc2)CC1. The molecule has 4 aromatic rings. The molecule has 0 unspecified atom stereocenters. The van der Waals surface area contributed by atoms with Gasteiger partial charge in [0.05, 0.1) is 5.52 Å². The Bertz CT molecular complexity index is 1150. The Morgan fingerprint density at radius 1 is 0.750 bits per heavy atom. The first-order valence-corrected chi connectivity index (χ1v) is 11.9. The summed E-state index contributed by atoms with van der Waals surface area (Å²) >= 11 is 6.30. The summed E-state index contributed by atoms with van der Waals surface area (Å²) in [6.07, 6.45) is 2.30. The van der Waals surface area contributed by atoms with Gasteiger partial charge in [0, 0.05) is 54.4 Å². The van der Waals surface area contributed by atoms with Crippen molar-refractivity contribution in [2.75, 3.05) is 37.6 Å². The maximum Gasteiger partial charge on any atom is 0.100 e. The lowest BCUT2D eigenvalue weighted by atomic mass is 10.1. The zero-order chi connectivity index (χ0) is 21.8. The quantitative estimate of drug-likeness (QED) is 0.329. The minimum absolute atomic E-state index is 0.754. The molecular weight excluding hydrogens is 416 g/mol. The molecule has 164 valence electrons. The second kappa shape index (κ2) is 9.76. The van der Waals surface area contributed by atoms with Crippen LogP contribution in [0.15, 0.2) is 78.9 Å². The van der Waals surface area contributed by atoms with Crippen LogP contribution in [0.5, 0.6) is 0 Å². The molecule has 4 nitrogen and oxygen atoms in total. The van der Waals surface area contributed by atoms with E-state index in [9.17, 15) is 0 Å². The van der Waals surface area contributed by atoms with Gasteiger partial charge in [-0.2, -0.15) is 5.10 Å². The highest BCUT2D eigenvalue weighted by molar-refractivity contribution is 6.31. The average Bonchev–Trinajstić information content (AvgIpc) is 3.21. The average molecular weight is 445 g/mol. The third kappa shape index (κ3) is 4.67. The maximum absolute atomic E-state index is 6.30. The first kappa shape index (κ1) is 21.0. The molecule has 0 aliphatic carbocycles. The van der Waals surface area contributed by atoms with Crippen LogP contribution in [0.2, 0.25) is 5.02 Å². The molecule has 1 aliphatic rings. The maximum atomic E-state index is 6.30. The van der Waals surface area contributed by atoms with Gasteiger partial charge in [0.2, 0.25) is 0 Å². The number of nitrogens with zero attached hydrogens (tertiary/aromatic N) is 4. The molecule has 2 heterocycles. The van der Waals surface area contributed by atoms with Crippen LogP contribution in [0.4, 0.5) is 5.69 Å². The van der Waals surface area contributed by atoms with E-state index < -0.39 is 0 Å². The van der Waals surface area contributed by atoms with Gasteiger partial charge in [-0.05, 0) is 49.7 Å². The molecule has 5 rings (SSSR count). The summed E-state index contributed by atoms with van der Waals surface area (Å²) < 4.78 is 2.15. The van der Waals surface area contributed by atoms with Crippen LogP contribution in [0, 0.1) is 0 Å². The zero-order valence-corrected chi connectivity index (χ0v) is 19.1. The number of piperazine rings is 1. The number of benzene rings is 3. The normalized spacial score (nSPS) is 14.8. The lowest BCUT2D eigenvalue weighted by Gasteiger charge is -2.36. The second-order valence-corrected chi connectivity index (χ2v) is 8.91. The first-order valence-electron chi connectivity index (χ1n) is 11.5. The van der Waals surface area contributed by atoms with Crippen LogP contribution in [0.1, 0.15) is 12.8 Å². The Hall–Kier alpha value is -2.82. The van der Waals surface area contributed by atoms with E-state index in [0.29, 0.717) is 0 Å². The third-order valence-electron chi connectivity index (χ3n) is 6.35. The smallest absolute Gasteiger partial charge is 0.100 e. The molecule has 0 N–H and O–H groups in total. The standard InChI is InChI=1S/C27H29ClN4/c28-23-13-14-26-25(21-23)27(22-9-3-1-4-10-22)29-32(26)16-8-7-15-30-17-19-31(20-18-30)24-11-5-2-6-12-24/h1-6,9-14,21H,7-8,15-20H2. The van der Waals surface area contributed by atoms with Crippen LogP contribution < -0.4 is 4.90 Å². The Morgan fingerprint density at radius 2 is 1.44 bits per heavy atom. The van der Waals surface area contributed by atoms with Crippen molar-refractivity contribution in [1.29, 1.82) is 0 Å². The summed E-state index contributed by atoms with van der Waals surface area (Å²) in [6.45, 7) is 6.56. The van der Waals surface area contributed by atoms with E-state index in [0.717, 1.165) is 72.9 Å². The Balaban J connectivity index is 1.18. The van der Waals surface area contributed by atoms with Crippen molar-refractivity contribution in [2.24, 2.45) is 0 Å². The molecule has 1 aliphatic heterocycles. The highest BCUT2D eigenvalue weighted by Gasteiger charge is 2.17. The second-order valence-electron chi connectivity index (χ2n) is 8.47. The van der Waals surface area contributed by atoms with Gasteiger partial charge in [-0.3, -0.25) is 9.58 Å². The Morgan fingerprint density at radius 3 is 2.19 bits per heavy atom. The number of fused-ring (bicyclic) bond motifs is 1. The Kier molecular flexibility index (Phi) is 6.42. The van der Waals surface area contributed by atoms with Crippen molar-refractivity contribution >= 4 is 28.2 Å². The predicted molar refractivity (Wildman–Crippen MR) is 135 cm³/mol. The zero-order valence-electron chi connectivity index (χ0n) is 18.3. The van der Waals surface area contributed by atoms with Gasteiger partial charge < -0.3 is 4.90 Å². The summed E-state index contributed by atoms with van der Waals surface area (Å²) in [5.74, 6) is 0. The number of hydrogen-bond acceptors (Lipinski definition) is 3. The van der Waals surface area contributed by atoms with E-state index in [1.165, 1.54) is 12.1 Å². The van der Waals surface area contributed by atoms with Gasteiger partial charge in [0.15, 0.2) is 0 Å². The fourth-order valence-corrected chi connectivity index (χ4v) is 4.77. The summed E-state index contributed by atoms with van der Waals surface area (Å²) in [4.78, 5) is 5.08. The number of halogens is 1. The lowest BCUT2D eigenvalue weighted by Crippen LogP contribution is -2.46. The summed E-state index contributed by atoms with van der Waals surface area (Å²) in [5, 5.41) is 6.85. The molecule has 5 heteroatoms. The number of unbranched alkanes of at least 4 members (excludes halogenated alkanes) is 1. The van der Waals surface area contributed by atoms with Crippen molar-refractivity contribution in [1.82, 2.24) is 14.7 Å². The van der Waals surface area contributed by atoms with Crippen LogP contribution in [0.3, 0.4) is 0 Å². The number of para-hydroxylation sites is 1. The predicted octanol–water partition coefficient (Wildman–Crippen LogP) is 5.96. The van der Waals surface area contributed by atoms with Crippen LogP contribution >= 0.6 is 11.6 Å². The minimum Gasteiger partial charge on any atom is -0.369 e. The van der Waals surface area contributed by atoms with Gasteiger partial charge in [-0.15, -0.1) is 0 Å². The topological polar surface area (TPSA) is 24.3 Å². The van der Waals surface area contributed by atoms with Gasteiger partial charge in [-0.1, -0.05) is 60.1 Å². The molecule has 0 spiro atoms. The van der Waals surface area contributed by atoms with Crippen molar-refractivity contribution in [3.05, 3.63) is 83.9 Å². The van der Waals surface area contributed by atoms with E-state index in [4.69, 9.17) is 16.7 Å². The monoisotopic (exact) mass is 444 g/mol. The molecule has 0 amide bonds. The Labute approximate surface area is 195 Å². The highest BCUT2D eigenvalue weighted by Crippen LogP contribution is 2.30. The number of aromatic nitrogens is 2. The fourth-order valence-electron chi connectivity index (χ4n) is 4.60. The van der Waals surface area contributed by atoms with Crippen LogP contribution in [-0.4, -0.2) is 47.4 Å². The summed E-state index contributed by atoms with van der Waals surface area (Å²) in [5.41, 5.74) is 4.65. The molecule has 3 aromatic carbocycles. The molecular formula is C27H29ClN4. The van der Waals surface area contributed by atoms with Gasteiger partial charge in [0.25, 0.3) is 0 Å². The number of rotatable bonds is 7. The number of anilines is 1. The van der Waals surface area contributed by atoms with E-state index in [2.05, 4.69) is 75.1 Å². The molecule has 0 saturated carbocycles. The summed E-state index contributed by atoms with van der Waals surface area (Å²) in [7, 11) is 0. The van der Waals surface area contributed by atoms with Crippen molar-refractivity contribution in [2.45, 2.75) is 19.4 Å². The molecule has 0 bridgehead atoms. The van der Waals surface area contributed by atoms with Crippen LogP contribution in [-0.2, 0) is 6.54 Å². The van der Waals surface area contributed by atoms with E-state index in [1.54, 1.807) is 0 Å². The van der Waals surface area contributed by atoms with Crippen LogP contribution in [0.25, 0.3) is 22.2 Å². The third-order valence-corrected chi connectivity index (χ3v) is 6.58. The van der Waals surface area contributed by atoms with Crippen molar-refractivity contribution in [3.63, 3.8) is 0 Å². The van der Waals surface area contributed by atoms with Crippen molar-refractivity contribution < 1.29 is 0 Å². The van der Waals surface area contributed by atoms with Gasteiger partial charge >= 0.3 is 0 Å². The molecule has 0 atom stereocenters.